The van der Waals surface area contributed by atoms with Crippen molar-refractivity contribution in [3.05, 3.63) is 28.8 Å². The molecule has 0 aliphatic rings. The lowest BCUT2D eigenvalue weighted by Crippen LogP contribution is -2.37. The molecular weight excluding hydrogens is 256 g/mol. The van der Waals surface area contributed by atoms with Crippen LogP contribution < -0.4 is 11.1 Å². The Morgan fingerprint density at radius 2 is 1.68 bits per heavy atom. The number of benzene rings is 1. The van der Waals surface area contributed by atoms with Crippen molar-refractivity contribution in [1.29, 1.82) is 0 Å². The van der Waals surface area contributed by atoms with Gasteiger partial charge in [-0.2, -0.15) is 0 Å². The molecule has 4 heteroatoms. The summed E-state index contributed by atoms with van der Waals surface area (Å²) in [6.45, 7) is 9.90. The van der Waals surface area contributed by atoms with E-state index >= 15 is 0 Å². The molecule has 0 radical (unpaired) electrons. The Kier molecular flexibility index (Phi) is 5.06. The largest absolute Gasteiger partial charge is 0.393 e. The Balaban J connectivity index is 3.03. The minimum absolute atomic E-state index is 0.0866. The Labute approximate surface area is 120 Å². The highest BCUT2D eigenvalue weighted by atomic mass is 32.1. The number of nitrogens with one attached hydrogen (secondary N) is 1. The number of carbonyl (C=O) groups excluding carboxylic acids is 1. The molecular formula is C15H22N2OS. The highest BCUT2D eigenvalue weighted by molar-refractivity contribution is 7.80. The SMILES string of the molecule is Cc1cc(C)c(NC(=O)C(C(N)=S)C(C)C)c(C)c1. The van der Waals surface area contributed by atoms with Crippen LogP contribution in [0.25, 0.3) is 0 Å². The van der Waals surface area contributed by atoms with Gasteiger partial charge >= 0.3 is 0 Å². The summed E-state index contributed by atoms with van der Waals surface area (Å²) in [6, 6.07) is 4.10. The topological polar surface area (TPSA) is 55.1 Å². The number of amides is 1. The number of rotatable bonds is 4. The Bertz CT molecular complexity index is 486. The Morgan fingerprint density at radius 3 is 2.05 bits per heavy atom. The number of carbonyl (C=O) groups is 1. The normalized spacial score (nSPS) is 12.3. The zero-order chi connectivity index (χ0) is 14.7. The van der Waals surface area contributed by atoms with Crippen LogP contribution in [0.4, 0.5) is 5.69 Å². The molecule has 1 amide bonds. The Morgan fingerprint density at radius 1 is 1.21 bits per heavy atom. The van der Waals surface area contributed by atoms with Gasteiger partial charge in [0.15, 0.2) is 0 Å². The summed E-state index contributed by atoms with van der Waals surface area (Å²) in [5.74, 6) is -0.476. The summed E-state index contributed by atoms with van der Waals surface area (Å²) in [4.78, 5) is 12.6. The highest BCUT2D eigenvalue weighted by Gasteiger charge is 2.25. The van der Waals surface area contributed by atoms with Gasteiger partial charge in [-0.3, -0.25) is 4.79 Å². The average molecular weight is 278 g/mol. The summed E-state index contributed by atoms with van der Waals surface area (Å²) < 4.78 is 0. The molecule has 3 N–H and O–H groups in total. The zero-order valence-corrected chi connectivity index (χ0v) is 13.0. The standard InChI is InChI=1S/C15H22N2OS/c1-8(2)12(14(16)19)15(18)17-13-10(4)6-9(3)7-11(13)5/h6-8,12H,1-5H3,(H2,16,19)(H,17,18). The molecule has 0 spiro atoms. The third-order valence-corrected chi connectivity index (χ3v) is 3.43. The Hall–Kier alpha value is -1.42. The minimum atomic E-state index is -0.435. The van der Waals surface area contributed by atoms with Gasteiger partial charge in [0.2, 0.25) is 5.91 Å². The molecule has 1 rings (SSSR count). The fraction of sp³-hybridized carbons (Fsp3) is 0.467. The van der Waals surface area contributed by atoms with Crippen molar-refractivity contribution >= 4 is 28.8 Å². The van der Waals surface area contributed by atoms with Crippen LogP contribution in [-0.2, 0) is 4.79 Å². The van der Waals surface area contributed by atoms with Gasteiger partial charge < -0.3 is 11.1 Å². The van der Waals surface area contributed by atoms with Crippen molar-refractivity contribution in [3.63, 3.8) is 0 Å². The second kappa shape index (κ2) is 6.15. The van der Waals surface area contributed by atoms with E-state index < -0.39 is 5.92 Å². The molecule has 0 aromatic heterocycles. The van der Waals surface area contributed by atoms with E-state index in [0.29, 0.717) is 0 Å². The predicted molar refractivity (Wildman–Crippen MR) is 84.4 cm³/mol. The van der Waals surface area contributed by atoms with Crippen molar-refractivity contribution in [1.82, 2.24) is 0 Å². The third-order valence-electron chi connectivity index (χ3n) is 3.18. The van der Waals surface area contributed by atoms with Crippen LogP contribution in [0.5, 0.6) is 0 Å². The van der Waals surface area contributed by atoms with E-state index in [1.807, 2.05) is 46.8 Å². The number of thiocarbonyl (C=S) groups is 1. The molecule has 1 unspecified atom stereocenters. The number of aryl methyl sites for hydroxylation is 3. The molecule has 0 heterocycles. The second-order valence-electron chi connectivity index (χ2n) is 5.39. The highest BCUT2D eigenvalue weighted by Crippen LogP contribution is 2.23. The second-order valence-corrected chi connectivity index (χ2v) is 5.86. The molecule has 0 bridgehead atoms. The van der Waals surface area contributed by atoms with E-state index in [4.69, 9.17) is 18.0 Å². The molecule has 0 aliphatic carbocycles. The first-order valence-corrected chi connectivity index (χ1v) is 6.83. The van der Waals surface area contributed by atoms with Gasteiger partial charge in [-0.1, -0.05) is 43.8 Å². The van der Waals surface area contributed by atoms with Gasteiger partial charge in [-0.05, 0) is 37.8 Å². The van der Waals surface area contributed by atoms with Crippen molar-refractivity contribution in [2.24, 2.45) is 17.6 Å². The van der Waals surface area contributed by atoms with E-state index in [0.717, 1.165) is 16.8 Å². The molecule has 1 aromatic rings. The molecule has 1 aromatic carbocycles. The summed E-state index contributed by atoms with van der Waals surface area (Å²) in [7, 11) is 0. The first-order valence-electron chi connectivity index (χ1n) is 6.42. The number of hydrogen-bond acceptors (Lipinski definition) is 2. The van der Waals surface area contributed by atoms with E-state index in [1.54, 1.807) is 0 Å². The lowest BCUT2D eigenvalue weighted by molar-refractivity contribution is -0.118. The van der Waals surface area contributed by atoms with Crippen LogP contribution in [0.2, 0.25) is 0 Å². The maximum Gasteiger partial charge on any atom is 0.234 e. The molecule has 1 atom stereocenters. The monoisotopic (exact) mass is 278 g/mol. The van der Waals surface area contributed by atoms with Gasteiger partial charge in [0.05, 0.1) is 10.9 Å². The lowest BCUT2D eigenvalue weighted by Gasteiger charge is -2.20. The molecule has 0 aliphatic heterocycles. The van der Waals surface area contributed by atoms with Crippen molar-refractivity contribution in [3.8, 4) is 0 Å². The molecule has 104 valence electrons. The van der Waals surface area contributed by atoms with Crippen molar-refractivity contribution in [2.45, 2.75) is 34.6 Å². The number of hydrogen-bond donors (Lipinski definition) is 2. The minimum Gasteiger partial charge on any atom is -0.393 e. The summed E-state index contributed by atoms with van der Waals surface area (Å²) >= 11 is 4.99. The maximum absolute atomic E-state index is 12.3. The summed E-state index contributed by atoms with van der Waals surface area (Å²) in [5, 5.41) is 2.96. The lowest BCUT2D eigenvalue weighted by atomic mass is 9.94. The first-order chi connectivity index (χ1) is 8.73. The fourth-order valence-corrected chi connectivity index (χ4v) is 2.72. The van der Waals surface area contributed by atoms with Crippen LogP contribution in [-0.4, -0.2) is 10.9 Å². The van der Waals surface area contributed by atoms with Crippen molar-refractivity contribution in [2.75, 3.05) is 5.32 Å². The molecule has 3 nitrogen and oxygen atoms in total. The van der Waals surface area contributed by atoms with E-state index in [9.17, 15) is 4.79 Å². The van der Waals surface area contributed by atoms with Crippen LogP contribution in [0.1, 0.15) is 30.5 Å². The van der Waals surface area contributed by atoms with Crippen molar-refractivity contribution < 1.29 is 4.79 Å². The average Bonchev–Trinajstić information content (AvgIpc) is 2.22. The van der Waals surface area contributed by atoms with Crippen LogP contribution in [0.15, 0.2) is 12.1 Å². The van der Waals surface area contributed by atoms with E-state index in [1.165, 1.54) is 5.56 Å². The summed E-state index contributed by atoms with van der Waals surface area (Å²) in [5.41, 5.74) is 9.81. The van der Waals surface area contributed by atoms with Crippen LogP contribution >= 0.6 is 12.2 Å². The van der Waals surface area contributed by atoms with Gasteiger partial charge in [-0.25, -0.2) is 0 Å². The first kappa shape index (κ1) is 15.6. The smallest absolute Gasteiger partial charge is 0.234 e. The van der Waals surface area contributed by atoms with E-state index in [-0.39, 0.29) is 16.8 Å². The number of anilines is 1. The van der Waals surface area contributed by atoms with Gasteiger partial charge in [0.25, 0.3) is 0 Å². The quantitative estimate of drug-likeness (QED) is 0.832. The van der Waals surface area contributed by atoms with Crippen LogP contribution in [0.3, 0.4) is 0 Å². The van der Waals surface area contributed by atoms with Gasteiger partial charge in [-0.15, -0.1) is 0 Å². The third kappa shape index (κ3) is 3.77. The fourth-order valence-electron chi connectivity index (χ4n) is 2.34. The molecule has 19 heavy (non-hydrogen) atoms. The number of nitrogens with two attached hydrogens (primary N) is 1. The predicted octanol–water partition coefficient (Wildman–Crippen LogP) is 3.11. The van der Waals surface area contributed by atoms with Gasteiger partial charge in [0, 0.05) is 5.69 Å². The van der Waals surface area contributed by atoms with E-state index in [2.05, 4.69) is 5.32 Å². The summed E-state index contributed by atoms with van der Waals surface area (Å²) in [6.07, 6.45) is 0. The molecule has 0 fully saturated rings. The molecule has 0 saturated heterocycles. The zero-order valence-electron chi connectivity index (χ0n) is 12.2. The van der Waals surface area contributed by atoms with Crippen LogP contribution in [0, 0.1) is 32.6 Å². The molecule has 0 saturated carbocycles. The van der Waals surface area contributed by atoms with Gasteiger partial charge in [0.1, 0.15) is 0 Å². The maximum atomic E-state index is 12.3.